The van der Waals surface area contributed by atoms with Crippen molar-refractivity contribution in [1.29, 1.82) is 0 Å². The molecular formula is C36H28Cl2N4O7. The Morgan fingerprint density at radius 3 is 1.63 bits per heavy atom. The van der Waals surface area contributed by atoms with Crippen LogP contribution < -0.4 is 0 Å². The van der Waals surface area contributed by atoms with Crippen molar-refractivity contribution in [3.63, 3.8) is 0 Å². The maximum Gasteiger partial charge on any atom is 0.311 e. The smallest absolute Gasteiger partial charge is 0.311 e. The lowest BCUT2D eigenvalue weighted by molar-refractivity contribution is -0.384. The number of hydrogen-bond acceptors (Lipinski definition) is 6. The van der Waals surface area contributed by atoms with Gasteiger partial charge in [-0.15, -0.1) is 0 Å². The first-order valence-corrected chi connectivity index (χ1v) is 15.9. The number of carbonyl (C=O) groups excluding carboxylic acids is 1. The first-order chi connectivity index (χ1) is 23.3. The number of nitro groups is 2. The Morgan fingerprint density at radius 1 is 0.714 bits per heavy atom. The van der Waals surface area contributed by atoms with Crippen molar-refractivity contribution in [3.8, 4) is 0 Å². The number of carboxylic acids is 1. The Hall–Kier alpha value is -5.52. The van der Waals surface area contributed by atoms with Gasteiger partial charge in [0, 0.05) is 92.6 Å². The average Bonchev–Trinajstić information content (AvgIpc) is 3.49. The lowest BCUT2D eigenvalue weighted by Gasteiger charge is -2.15. The van der Waals surface area contributed by atoms with Crippen LogP contribution in [0, 0.1) is 34.1 Å². The second-order valence-electron chi connectivity index (χ2n) is 11.8. The average molecular weight is 700 g/mol. The van der Waals surface area contributed by atoms with Crippen molar-refractivity contribution < 1.29 is 24.5 Å². The zero-order valence-corrected chi connectivity index (χ0v) is 27.7. The summed E-state index contributed by atoms with van der Waals surface area (Å²) in [7, 11) is 0. The summed E-state index contributed by atoms with van der Waals surface area (Å²) in [6.45, 7) is 4.09. The molecule has 1 atom stereocenters. The number of carboxylic acid groups (broad SMARTS) is 1. The number of halogens is 2. The quantitative estimate of drug-likeness (QED) is 0.0806. The molecule has 6 rings (SSSR count). The molecule has 11 nitrogen and oxygen atoms in total. The van der Waals surface area contributed by atoms with Crippen LogP contribution >= 0.6 is 23.2 Å². The Kier molecular flexibility index (Phi) is 8.98. The van der Waals surface area contributed by atoms with Crippen LogP contribution in [0.2, 0.25) is 10.0 Å². The Balaban J connectivity index is 1.48. The third-order valence-electron chi connectivity index (χ3n) is 8.91. The fourth-order valence-electron chi connectivity index (χ4n) is 6.54. The number of ketones is 1. The molecule has 2 heterocycles. The van der Waals surface area contributed by atoms with E-state index in [4.69, 9.17) is 23.2 Å². The first kappa shape index (κ1) is 33.4. The molecule has 248 valence electrons. The molecule has 0 radical (unpaired) electrons. The van der Waals surface area contributed by atoms with Gasteiger partial charge in [0.05, 0.1) is 15.8 Å². The third-order valence-corrected chi connectivity index (χ3v) is 9.41. The lowest BCUT2D eigenvalue weighted by Crippen LogP contribution is -2.18. The van der Waals surface area contributed by atoms with E-state index in [1.165, 1.54) is 24.3 Å². The van der Waals surface area contributed by atoms with E-state index < -0.39 is 33.9 Å². The minimum absolute atomic E-state index is 0.174. The number of Topliss-reactive ketones (excluding diaryl/α,β-unsaturated/α-hetero) is 1. The van der Waals surface area contributed by atoms with Crippen molar-refractivity contribution in [2.45, 2.75) is 39.3 Å². The van der Waals surface area contributed by atoms with Gasteiger partial charge in [0.25, 0.3) is 11.4 Å². The number of aromatic nitrogens is 2. The van der Waals surface area contributed by atoms with Crippen molar-refractivity contribution in [2.75, 3.05) is 0 Å². The highest BCUT2D eigenvalue weighted by molar-refractivity contribution is 6.30. The molecule has 0 amide bonds. The molecule has 0 aliphatic heterocycles. The van der Waals surface area contributed by atoms with Crippen LogP contribution in [0.4, 0.5) is 11.4 Å². The molecule has 0 fully saturated rings. The number of hydrogen-bond donors (Lipinski definition) is 1. The Labute approximate surface area is 289 Å². The summed E-state index contributed by atoms with van der Waals surface area (Å²) in [5, 5.41) is 35.9. The summed E-state index contributed by atoms with van der Waals surface area (Å²) in [5.74, 6) is -3.22. The monoisotopic (exact) mass is 698 g/mol. The number of carbonyl (C=O) groups is 2. The largest absolute Gasteiger partial charge is 0.481 e. The summed E-state index contributed by atoms with van der Waals surface area (Å²) < 4.78 is 3.72. The summed E-state index contributed by atoms with van der Waals surface area (Å²) in [5.41, 5.74) is 3.93. The first-order valence-electron chi connectivity index (χ1n) is 15.1. The van der Waals surface area contributed by atoms with Crippen LogP contribution in [0.5, 0.6) is 0 Å². The Bertz CT molecular complexity index is 2310. The third kappa shape index (κ3) is 6.38. The molecule has 2 aromatic heterocycles. The van der Waals surface area contributed by atoms with Crippen LogP contribution in [0.25, 0.3) is 21.8 Å². The number of aliphatic carboxylic acids is 1. The fourth-order valence-corrected chi connectivity index (χ4v) is 6.79. The molecule has 0 aliphatic carbocycles. The van der Waals surface area contributed by atoms with E-state index in [1.54, 1.807) is 50.2 Å². The number of fused-ring (bicyclic) bond motifs is 2. The van der Waals surface area contributed by atoms with Gasteiger partial charge in [-0.25, -0.2) is 0 Å². The van der Waals surface area contributed by atoms with Gasteiger partial charge in [-0.2, -0.15) is 0 Å². The maximum atomic E-state index is 14.3. The molecule has 4 aromatic carbocycles. The topological polar surface area (TPSA) is 151 Å². The molecule has 0 bridgehead atoms. The van der Waals surface area contributed by atoms with E-state index in [0.717, 1.165) is 11.1 Å². The molecule has 13 heteroatoms. The molecule has 1 N–H and O–H groups in total. The van der Waals surface area contributed by atoms with Crippen molar-refractivity contribution in [2.24, 2.45) is 0 Å². The lowest BCUT2D eigenvalue weighted by atomic mass is 9.89. The summed E-state index contributed by atoms with van der Waals surface area (Å²) >= 11 is 12.2. The standard InChI is InChI=1S/C36H28Cl2N4O7/c1-20-34(28-15-26(41(46)47)11-13-31(28)39(20)18-22-3-7-24(37)8-4-22)30(36(44)45)17-33(43)35-21(2)40(19-23-5-9-25(38)10-6-23)32-14-12-27(42(48)49)16-29(32)35/h3-16,30H,17-19H2,1-2H3,(H,44,45). The van der Waals surface area contributed by atoms with Crippen LogP contribution in [-0.4, -0.2) is 35.8 Å². The molecule has 6 aromatic rings. The van der Waals surface area contributed by atoms with E-state index >= 15 is 0 Å². The summed E-state index contributed by atoms with van der Waals surface area (Å²) in [6.07, 6.45) is -0.498. The van der Waals surface area contributed by atoms with Crippen LogP contribution in [0.15, 0.2) is 84.9 Å². The molecule has 49 heavy (non-hydrogen) atoms. The van der Waals surface area contributed by atoms with Gasteiger partial charge in [0.15, 0.2) is 5.78 Å². The van der Waals surface area contributed by atoms with Gasteiger partial charge >= 0.3 is 5.97 Å². The highest BCUT2D eigenvalue weighted by atomic mass is 35.5. The van der Waals surface area contributed by atoms with Crippen molar-refractivity contribution in [3.05, 3.63) is 149 Å². The Morgan fingerprint density at radius 2 is 1.16 bits per heavy atom. The SMILES string of the molecule is Cc1c(C(=O)CC(C(=O)O)c2c(C)n(Cc3ccc(Cl)cc3)c3ccc([N+](=O)[O-])cc23)c2cc([N+](=O)[O-])ccc2n1Cc1ccc(Cl)cc1. The van der Waals surface area contributed by atoms with Crippen molar-refractivity contribution in [1.82, 2.24) is 9.13 Å². The number of rotatable bonds is 11. The van der Waals surface area contributed by atoms with Crippen molar-refractivity contribution >= 4 is 68.1 Å². The van der Waals surface area contributed by atoms with Gasteiger partial charge in [-0.05, 0) is 66.9 Å². The second kappa shape index (κ2) is 13.2. The molecule has 0 saturated heterocycles. The minimum atomic E-state index is -1.39. The van der Waals surface area contributed by atoms with E-state index in [0.29, 0.717) is 56.3 Å². The van der Waals surface area contributed by atoms with Gasteiger partial charge < -0.3 is 14.2 Å². The zero-order valence-electron chi connectivity index (χ0n) is 26.2. The normalized spacial score (nSPS) is 12.0. The van der Waals surface area contributed by atoms with Crippen LogP contribution in [-0.2, 0) is 17.9 Å². The van der Waals surface area contributed by atoms with Crippen LogP contribution in [0.1, 0.15) is 50.8 Å². The second-order valence-corrected chi connectivity index (χ2v) is 12.7. The minimum Gasteiger partial charge on any atom is -0.481 e. The number of nitrogens with zero attached hydrogens (tertiary/aromatic N) is 4. The summed E-state index contributed by atoms with van der Waals surface area (Å²) in [4.78, 5) is 49.8. The predicted molar refractivity (Wildman–Crippen MR) is 187 cm³/mol. The maximum absolute atomic E-state index is 14.3. The van der Waals surface area contributed by atoms with Gasteiger partial charge in [0.2, 0.25) is 0 Å². The fraction of sp³-hybridized carbons (Fsp3) is 0.167. The van der Waals surface area contributed by atoms with Gasteiger partial charge in [-0.3, -0.25) is 29.8 Å². The molecule has 0 saturated carbocycles. The van der Waals surface area contributed by atoms with Crippen LogP contribution in [0.3, 0.4) is 0 Å². The molecule has 0 aliphatic rings. The molecule has 0 spiro atoms. The molecular weight excluding hydrogens is 671 g/mol. The number of nitro benzene ring substituents is 2. The highest BCUT2D eigenvalue weighted by Crippen LogP contribution is 2.39. The van der Waals surface area contributed by atoms with E-state index in [2.05, 4.69) is 0 Å². The number of benzene rings is 4. The van der Waals surface area contributed by atoms with Gasteiger partial charge in [0.1, 0.15) is 0 Å². The van der Waals surface area contributed by atoms with E-state index in [9.17, 15) is 34.9 Å². The summed E-state index contributed by atoms with van der Waals surface area (Å²) in [6, 6.07) is 22.8. The zero-order chi connectivity index (χ0) is 35.1. The van der Waals surface area contributed by atoms with E-state index in [1.807, 2.05) is 33.4 Å². The van der Waals surface area contributed by atoms with E-state index in [-0.39, 0.29) is 22.5 Å². The molecule has 1 unspecified atom stereocenters. The highest BCUT2D eigenvalue weighted by Gasteiger charge is 2.33. The predicted octanol–water partition coefficient (Wildman–Crippen LogP) is 8.87. The number of non-ortho nitro benzene ring substituents is 2. The van der Waals surface area contributed by atoms with Gasteiger partial charge in [-0.1, -0.05) is 47.5 Å².